The number of benzene rings is 1. The third-order valence-electron chi connectivity index (χ3n) is 5.18. The Balaban J connectivity index is 1.44. The van der Waals surface area contributed by atoms with Crippen molar-refractivity contribution in [3.8, 4) is 0 Å². The van der Waals surface area contributed by atoms with Gasteiger partial charge in [-0.15, -0.1) is 0 Å². The lowest BCUT2D eigenvalue weighted by Crippen LogP contribution is -2.49. The molecule has 2 aliphatic rings. The maximum absolute atomic E-state index is 12.7. The fourth-order valence-electron chi connectivity index (χ4n) is 3.59. The van der Waals surface area contributed by atoms with Crippen LogP contribution in [0.15, 0.2) is 28.7 Å². The zero-order chi connectivity index (χ0) is 19.9. The Morgan fingerprint density at radius 2 is 1.79 bits per heavy atom. The molecule has 1 unspecified atom stereocenters. The molecule has 1 N–H and O–H groups in total. The van der Waals surface area contributed by atoms with E-state index in [1.54, 1.807) is 29.2 Å². The van der Waals surface area contributed by atoms with Gasteiger partial charge in [-0.2, -0.15) is 0 Å². The zero-order valence-electron chi connectivity index (χ0n) is 15.9. The van der Waals surface area contributed by atoms with Gasteiger partial charge in [-0.1, -0.05) is 15.9 Å². The van der Waals surface area contributed by atoms with Crippen molar-refractivity contribution in [3.63, 3.8) is 0 Å². The first kappa shape index (κ1) is 20.8. The summed E-state index contributed by atoms with van der Waals surface area (Å²) in [6.45, 7) is 3.85. The number of carbonyl (C=O) groups excluding carboxylic acids is 3. The van der Waals surface area contributed by atoms with Gasteiger partial charge < -0.3 is 19.9 Å². The molecule has 2 saturated heterocycles. The van der Waals surface area contributed by atoms with Gasteiger partial charge >= 0.3 is 0 Å². The Morgan fingerprint density at radius 3 is 2.50 bits per heavy atom. The standard InChI is InChI=1S/C20H26BrN3O4/c21-17-5-3-15(4-6-17)19(26)22-8-7-18(25)24-9-1-2-16(14-24)20(27)23-10-12-28-13-11-23/h3-6,16H,1-2,7-14H2,(H,22,26). The number of nitrogens with zero attached hydrogens (tertiary/aromatic N) is 2. The van der Waals surface area contributed by atoms with E-state index in [1.807, 2.05) is 4.90 Å². The van der Waals surface area contributed by atoms with Crippen LogP contribution in [0.4, 0.5) is 0 Å². The molecular weight excluding hydrogens is 426 g/mol. The summed E-state index contributed by atoms with van der Waals surface area (Å²) in [5, 5.41) is 2.78. The predicted octanol–water partition coefficient (Wildman–Crippen LogP) is 1.67. The molecule has 2 heterocycles. The lowest BCUT2D eigenvalue weighted by molar-refractivity contribution is -0.143. The van der Waals surface area contributed by atoms with Crippen LogP contribution in [0.25, 0.3) is 0 Å². The molecule has 2 fully saturated rings. The molecule has 0 spiro atoms. The van der Waals surface area contributed by atoms with Gasteiger partial charge in [-0.05, 0) is 37.1 Å². The quantitative estimate of drug-likeness (QED) is 0.738. The summed E-state index contributed by atoms with van der Waals surface area (Å²) >= 11 is 3.34. The Kier molecular flexibility index (Phi) is 7.44. The van der Waals surface area contributed by atoms with Crippen LogP contribution in [0.3, 0.4) is 0 Å². The van der Waals surface area contributed by atoms with Crippen LogP contribution in [0, 0.1) is 5.92 Å². The third-order valence-corrected chi connectivity index (χ3v) is 5.71. The first-order valence-electron chi connectivity index (χ1n) is 9.72. The summed E-state index contributed by atoms with van der Waals surface area (Å²) in [7, 11) is 0. The van der Waals surface area contributed by atoms with Crippen molar-refractivity contribution in [1.29, 1.82) is 0 Å². The maximum atomic E-state index is 12.7. The van der Waals surface area contributed by atoms with Crippen LogP contribution in [0.1, 0.15) is 29.6 Å². The van der Waals surface area contributed by atoms with E-state index in [9.17, 15) is 14.4 Å². The maximum Gasteiger partial charge on any atom is 0.251 e. The highest BCUT2D eigenvalue weighted by atomic mass is 79.9. The van der Waals surface area contributed by atoms with E-state index in [4.69, 9.17) is 4.74 Å². The molecule has 1 atom stereocenters. The second-order valence-corrected chi connectivity index (χ2v) is 8.05. The summed E-state index contributed by atoms with van der Waals surface area (Å²) in [6.07, 6.45) is 1.89. The highest BCUT2D eigenvalue weighted by Gasteiger charge is 2.31. The Morgan fingerprint density at radius 1 is 1.07 bits per heavy atom. The molecule has 0 saturated carbocycles. The predicted molar refractivity (Wildman–Crippen MR) is 108 cm³/mol. The lowest BCUT2D eigenvalue weighted by Gasteiger charge is -2.36. The highest BCUT2D eigenvalue weighted by Crippen LogP contribution is 2.20. The largest absolute Gasteiger partial charge is 0.378 e. The molecular formula is C20H26BrN3O4. The van der Waals surface area contributed by atoms with Crippen LogP contribution < -0.4 is 5.32 Å². The zero-order valence-corrected chi connectivity index (χ0v) is 17.4. The highest BCUT2D eigenvalue weighted by molar-refractivity contribution is 9.10. The average Bonchev–Trinajstić information content (AvgIpc) is 2.74. The molecule has 152 valence electrons. The van der Waals surface area contributed by atoms with Crippen molar-refractivity contribution < 1.29 is 19.1 Å². The van der Waals surface area contributed by atoms with Gasteiger partial charge in [0.15, 0.2) is 0 Å². The number of hydrogen-bond donors (Lipinski definition) is 1. The number of amides is 3. The normalized spacial score (nSPS) is 20.0. The molecule has 0 radical (unpaired) electrons. The number of carbonyl (C=O) groups is 3. The van der Waals surface area contributed by atoms with E-state index in [1.165, 1.54) is 0 Å². The van der Waals surface area contributed by atoms with Crippen molar-refractivity contribution in [1.82, 2.24) is 15.1 Å². The van der Waals surface area contributed by atoms with Gasteiger partial charge in [-0.3, -0.25) is 14.4 Å². The van der Waals surface area contributed by atoms with Crippen LogP contribution in [-0.2, 0) is 14.3 Å². The fourth-order valence-corrected chi connectivity index (χ4v) is 3.86. The number of hydrogen-bond acceptors (Lipinski definition) is 4. The Hall–Kier alpha value is -1.93. The van der Waals surface area contributed by atoms with Gasteiger partial charge in [0.2, 0.25) is 11.8 Å². The molecule has 1 aromatic carbocycles. The van der Waals surface area contributed by atoms with E-state index in [-0.39, 0.29) is 36.6 Å². The van der Waals surface area contributed by atoms with Crippen molar-refractivity contribution in [2.45, 2.75) is 19.3 Å². The monoisotopic (exact) mass is 451 g/mol. The summed E-state index contributed by atoms with van der Waals surface area (Å²) < 4.78 is 6.21. The minimum absolute atomic E-state index is 0.0180. The van der Waals surface area contributed by atoms with E-state index >= 15 is 0 Å². The summed E-state index contributed by atoms with van der Waals surface area (Å²) in [5.41, 5.74) is 0.560. The van der Waals surface area contributed by atoms with Crippen molar-refractivity contribution in [3.05, 3.63) is 34.3 Å². The first-order chi connectivity index (χ1) is 13.5. The van der Waals surface area contributed by atoms with E-state index in [0.717, 1.165) is 17.3 Å². The number of piperidine rings is 1. The minimum atomic E-state index is -0.195. The minimum Gasteiger partial charge on any atom is -0.378 e. The molecule has 28 heavy (non-hydrogen) atoms. The van der Waals surface area contributed by atoms with Gasteiger partial charge in [0.1, 0.15) is 0 Å². The lowest BCUT2D eigenvalue weighted by atomic mass is 9.96. The second-order valence-electron chi connectivity index (χ2n) is 7.13. The van der Waals surface area contributed by atoms with Gasteiger partial charge in [0.25, 0.3) is 5.91 Å². The molecule has 0 bridgehead atoms. The van der Waals surface area contributed by atoms with Gasteiger partial charge in [0, 0.05) is 49.2 Å². The topological polar surface area (TPSA) is 79.0 Å². The number of ether oxygens (including phenoxy) is 1. The molecule has 3 amide bonds. The molecule has 1 aromatic rings. The smallest absolute Gasteiger partial charge is 0.251 e. The summed E-state index contributed by atoms with van der Waals surface area (Å²) in [5.74, 6) is -0.215. The molecule has 7 nitrogen and oxygen atoms in total. The molecule has 2 aliphatic heterocycles. The summed E-state index contributed by atoms with van der Waals surface area (Å²) in [4.78, 5) is 40.9. The molecule has 3 rings (SSSR count). The third kappa shape index (κ3) is 5.54. The van der Waals surface area contributed by atoms with Gasteiger partial charge in [-0.25, -0.2) is 0 Å². The van der Waals surface area contributed by atoms with Crippen molar-refractivity contribution in [2.75, 3.05) is 45.9 Å². The molecule has 0 aliphatic carbocycles. The van der Waals surface area contributed by atoms with Crippen molar-refractivity contribution >= 4 is 33.7 Å². The van der Waals surface area contributed by atoms with Crippen molar-refractivity contribution in [2.24, 2.45) is 5.92 Å². The van der Waals surface area contributed by atoms with Gasteiger partial charge in [0.05, 0.1) is 19.1 Å². The van der Waals surface area contributed by atoms with Crippen LogP contribution in [-0.4, -0.2) is 73.5 Å². The Bertz CT molecular complexity index is 704. The van der Waals surface area contributed by atoms with Crippen LogP contribution in [0.2, 0.25) is 0 Å². The second kappa shape index (κ2) is 10.0. The fraction of sp³-hybridized carbons (Fsp3) is 0.550. The Labute approximate surface area is 173 Å². The number of morpholine rings is 1. The SMILES string of the molecule is O=C(NCCC(=O)N1CCCC(C(=O)N2CCOCC2)C1)c1ccc(Br)cc1. The number of nitrogens with one attached hydrogen (secondary N) is 1. The number of halogens is 1. The molecule has 8 heteroatoms. The van der Waals surface area contributed by atoms with E-state index in [0.29, 0.717) is 45.0 Å². The van der Waals surface area contributed by atoms with E-state index < -0.39 is 0 Å². The first-order valence-corrected chi connectivity index (χ1v) is 10.5. The number of likely N-dealkylation sites (tertiary alicyclic amines) is 1. The number of rotatable bonds is 5. The van der Waals surface area contributed by atoms with E-state index in [2.05, 4.69) is 21.2 Å². The summed E-state index contributed by atoms with van der Waals surface area (Å²) in [6, 6.07) is 7.07. The average molecular weight is 452 g/mol. The van der Waals surface area contributed by atoms with Crippen LogP contribution >= 0.6 is 15.9 Å². The van der Waals surface area contributed by atoms with Crippen LogP contribution in [0.5, 0.6) is 0 Å². The molecule has 0 aromatic heterocycles.